The number of ether oxygens (including phenoxy) is 4. The number of aliphatic carboxylic acids is 1. The van der Waals surface area contributed by atoms with Gasteiger partial charge in [0.25, 0.3) is 0 Å². The molecular weight excluding hydrogens is 612 g/mol. The molecule has 1 fully saturated rings. The zero-order valence-corrected chi connectivity index (χ0v) is 26.9. The predicted octanol–water partition coefficient (Wildman–Crippen LogP) is 5.12. The molecule has 0 saturated carbocycles. The molecule has 1 aliphatic heterocycles. The number of hydrogen-bond acceptors (Lipinski definition) is 8. The summed E-state index contributed by atoms with van der Waals surface area (Å²) in [4.78, 5) is 25.2. The molecule has 3 aromatic carbocycles. The molecule has 1 N–H and O–H groups in total. The van der Waals surface area contributed by atoms with Crippen molar-refractivity contribution in [1.82, 2.24) is 8.87 Å². The number of fused-ring (bicyclic) bond motifs is 1. The lowest BCUT2D eigenvalue weighted by molar-refractivity contribution is -0.155. The minimum absolute atomic E-state index is 0.151. The van der Waals surface area contributed by atoms with E-state index in [0.717, 1.165) is 11.1 Å². The van der Waals surface area contributed by atoms with Gasteiger partial charge in [-0.2, -0.15) is 4.31 Å². The number of nitrogens with zero attached hydrogens (tertiary/aromatic N) is 2. The van der Waals surface area contributed by atoms with Crippen molar-refractivity contribution < 1.29 is 42.1 Å². The number of esters is 1. The van der Waals surface area contributed by atoms with Crippen LogP contribution in [0.15, 0.2) is 77.8 Å². The molecule has 0 unspecified atom stereocenters. The second kappa shape index (κ2) is 14.3. The number of aromatic nitrogens is 1. The number of methoxy groups -OCH3 is 2. The number of rotatable bonds is 13. The van der Waals surface area contributed by atoms with Crippen molar-refractivity contribution in [2.24, 2.45) is 7.05 Å². The highest BCUT2D eigenvalue weighted by molar-refractivity contribution is 7.89. The number of benzene rings is 3. The second-order valence-electron chi connectivity index (χ2n) is 11.2. The monoisotopic (exact) mass is 650 g/mol. The van der Waals surface area contributed by atoms with E-state index in [4.69, 9.17) is 24.1 Å². The first-order valence-electron chi connectivity index (χ1n) is 15.0. The van der Waals surface area contributed by atoms with Gasteiger partial charge in [0.2, 0.25) is 10.0 Å². The maximum atomic E-state index is 14.1. The standard InChI is InChI=1S/C34H38N2O9S/c1-35-19-17-26-27(35)11-7-12-32(26)46(40,41)36-18-5-4-10-28(36)34(39)45-29(24-8-6-9-25(21-24)44-22-33(37)38)15-13-23-14-16-30(42-2)31(20-23)43-3/h6-9,11-12,14,16-17,19-21,28-29H,4-5,10,13,15,18,22H2,1-3H3,(H,37,38)/t28-,29+/m0/s1. The van der Waals surface area contributed by atoms with Crippen molar-refractivity contribution in [3.8, 4) is 17.2 Å². The summed E-state index contributed by atoms with van der Waals surface area (Å²) in [5.74, 6) is -0.300. The SMILES string of the molecule is COc1ccc(CC[C@@H](OC(=O)[C@@H]2CCCCN2S(=O)(=O)c2cccc3c2ccn3C)c2cccc(OCC(=O)O)c2)cc1OC. The average molecular weight is 651 g/mol. The van der Waals surface area contributed by atoms with Gasteiger partial charge >= 0.3 is 11.9 Å². The molecule has 46 heavy (non-hydrogen) atoms. The molecule has 244 valence electrons. The third-order valence-electron chi connectivity index (χ3n) is 8.19. The minimum Gasteiger partial charge on any atom is -0.493 e. The molecule has 0 aliphatic carbocycles. The summed E-state index contributed by atoms with van der Waals surface area (Å²) >= 11 is 0. The van der Waals surface area contributed by atoms with Crippen LogP contribution in [-0.4, -0.2) is 67.7 Å². The summed E-state index contributed by atoms with van der Waals surface area (Å²) in [5, 5.41) is 9.66. The first-order chi connectivity index (χ1) is 22.1. The van der Waals surface area contributed by atoms with Gasteiger partial charge in [0.15, 0.2) is 18.1 Å². The Morgan fingerprint density at radius 2 is 1.76 bits per heavy atom. The number of carboxylic acid groups (broad SMARTS) is 1. The van der Waals surface area contributed by atoms with E-state index in [1.54, 1.807) is 62.8 Å². The van der Waals surface area contributed by atoms with E-state index in [1.165, 1.54) is 4.31 Å². The Morgan fingerprint density at radius 3 is 2.52 bits per heavy atom. The van der Waals surface area contributed by atoms with E-state index >= 15 is 0 Å². The molecule has 2 heterocycles. The summed E-state index contributed by atoms with van der Waals surface area (Å²) in [6.07, 6.45) is 3.50. The maximum absolute atomic E-state index is 14.1. The Hall–Kier alpha value is -4.55. The van der Waals surface area contributed by atoms with E-state index in [2.05, 4.69) is 0 Å². The molecular formula is C34H38N2O9S. The molecule has 4 aromatic rings. The quantitative estimate of drug-likeness (QED) is 0.196. The van der Waals surface area contributed by atoms with Crippen LogP contribution in [-0.2, 0) is 37.8 Å². The number of sulfonamides is 1. The number of piperidine rings is 1. The summed E-state index contributed by atoms with van der Waals surface area (Å²) in [6, 6.07) is 18.2. The highest BCUT2D eigenvalue weighted by Crippen LogP contribution is 2.34. The third-order valence-corrected chi connectivity index (χ3v) is 10.2. The van der Waals surface area contributed by atoms with Crippen molar-refractivity contribution >= 4 is 32.9 Å². The van der Waals surface area contributed by atoms with Gasteiger partial charge in [-0.15, -0.1) is 0 Å². The van der Waals surface area contributed by atoms with Gasteiger partial charge in [0.1, 0.15) is 17.9 Å². The van der Waals surface area contributed by atoms with Crippen LogP contribution in [0.2, 0.25) is 0 Å². The van der Waals surface area contributed by atoms with Gasteiger partial charge in [-0.05, 0) is 85.7 Å². The minimum atomic E-state index is -4.04. The van der Waals surface area contributed by atoms with Crippen LogP contribution in [0.5, 0.6) is 17.2 Å². The largest absolute Gasteiger partial charge is 0.493 e. The van der Waals surface area contributed by atoms with Crippen LogP contribution in [0.1, 0.15) is 42.9 Å². The summed E-state index contributed by atoms with van der Waals surface area (Å²) < 4.78 is 53.7. The first kappa shape index (κ1) is 32.8. The lowest BCUT2D eigenvalue weighted by Gasteiger charge is -2.34. The Labute approximate surface area is 268 Å². The molecule has 5 rings (SSSR count). The lowest BCUT2D eigenvalue weighted by Crippen LogP contribution is -2.48. The molecule has 12 heteroatoms. The van der Waals surface area contributed by atoms with Gasteiger partial charge < -0.3 is 28.6 Å². The van der Waals surface area contributed by atoms with Crippen LogP contribution >= 0.6 is 0 Å². The Morgan fingerprint density at radius 1 is 0.978 bits per heavy atom. The number of carbonyl (C=O) groups excluding carboxylic acids is 1. The van der Waals surface area contributed by atoms with Crippen LogP contribution in [0, 0.1) is 0 Å². The molecule has 0 amide bonds. The van der Waals surface area contributed by atoms with Crippen LogP contribution in [0.3, 0.4) is 0 Å². The summed E-state index contributed by atoms with van der Waals surface area (Å²) in [7, 11) is 0.917. The van der Waals surface area contributed by atoms with Crippen molar-refractivity contribution in [3.05, 3.63) is 84.1 Å². The highest BCUT2D eigenvalue weighted by Gasteiger charge is 2.40. The van der Waals surface area contributed by atoms with E-state index in [-0.39, 0.29) is 11.4 Å². The Balaban J connectivity index is 1.43. The van der Waals surface area contributed by atoms with E-state index in [1.807, 2.05) is 36.0 Å². The summed E-state index contributed by atoms with van der Waals surface area (Å²) in [6.45, 7) is -0.331. The van der Waals surface area contributed by atoms with Crippen molar-refractivity contribution in [2.45, 2.75) is 49.1 Å². The van der Waals surface area contributed by atoms with Gasteiger partial charge in [-0.3, -0.25) is 4.79 Å². The molecule has 0 radical (unpaired) electrons. The fourth-order valence-corrected chi connectivity index (χ4v) is 7.70. The van der Waals surface area contributed by atoms with Gasteiger partial charge in [-0.1, -0.05) is 24.3 Å². The highest BCUT2D eigenvalue weighted by atomic mass is 32.2. The molecule has 11 nitrogen and oxygen atoms in total. The fourth-order valence-electron chi connectivity index (χ4n) is 5.85. The third kappa shape index (κ3) is 7.13. The van der Waals surface area contributed by atoms with Crippen molar-refractivity contribution in [2.75, 3.05) is 27.4 Å². The normalized spacial score (nSPS) is 16.1. The topological polar surface area (TPSA) is 134 Å². The lowest BCUT2D eigenvalue weighted by atomic mass is 10.00. The van der Waals surface area contributed by atoms with E-state index < -0.39 is 40.7 Å². The Kier molecular flexibility index (Phi) is 10.2. The van der Waals surface area contributed by atoms with Crippen LogP contribution in [0.25, 0.3) is 10.9 Å². The van der Waals surface area contributed by atoms with E-state index in [9.17, 15) is 18.0 Å². The number of carboxylic acids is 1. The van der Waals surface area contributed by atoms with Gasteiger partial charge in [0.05, 0.1) is 19.1 Å². The zero-order chi connectivity index (χ0) is 32.8. The maximum Gasteiger partial charge on any atom is 0.341 e. The molecule has 0 spiro atoms. The first-order valence-corrected chi connectivity index (χ1v) is 16.5. The van der Waals surface area contributed by atoms with Gasteiger partial charge in [0, 0.05) is 30.7 Å². The smallest absolute Gasteiger partial charge is 0.341 e. The molecule has 1 aliphatic rings. The predicted molar refractivity (Wildman–Crippen MR) is 171 cm³/mol. The van der Waals surface area contributed by atoms with Crippen molar-refractivity contribution in [3.63, 3.8) is 0 Å². The van der Waals surface area contributed by atoms with Crippen molar-refractivity contribution in [1.29, 1.82) is 0 Å². The van der Waals surface area contributed by atoms with Crippen LogP contribution < -0.4 is 14.2 Å². The zero-order valence-electron chi connectivity index (χ0n) is 26.0. The molecule has 1 saturated heterocycles. The summed E-state index contributed by atoms with van der Waals surface area (Å²) in [5.41, 5.74) is 2.28. The molecule has 1 aromatic heterocycles. The fraction of sp³-hybridized carbons (Fsp3) is 0.353. The van der Waals surface area contributed by atoms with Gasteiger partial charge in [-0.25, -0.2) is 13.2 Å². The number of hydrogen-bond donors (Lipinski definition) is 1. The average Bonchev–Trinajstić information content (AvgIpc) is 3.45. The number of aryl methyl sites for hydroxylation is 2. The number of carbonyl (C=O) groups is 2. The van der Waals surface area contributed by atoms with E-state index in [0.29, 0.717) is 60.3 Å². The molecule has 0 bridgehead atoms. The Bertz CT molecular complexity index is 1820. The molecule has 2 atom stereocenters. The van der Waals surface area contributed by atoms with Crippen LogP contribution in [0.4, 0.5) is 0 Å². The second-order valence-corrected chi connectivity index (χ2v) is 13.0.